The maximum Gasteiger partial charge on any atom is 0.443 e. The van der Waals surface area contributed by atoms with Crippen LogP contribution in [0.25, 0.3) is 0 Å². The second-order valence-corrected chi connectivity index (χ2v) is 5.92. The predicted molar refractivity (Wildman–Crippen MR) is 71.7 cm³/mol. The number of aromatic nitrogens is 1. The Morgan fingerprint density at radius 2 is 2.15 bits per heavy atom. The van der Waals surface area contributed by atoms with E-state index in [2.05, 4.69) is 10.3 Å². The van der Waals surface area contributed by atoms with Crippen LogP contribution in [-0.4, -0.2) is 24.2 Å². The van der Waals surface area contributed by atoms with Crippen LogP contribution in [0.4, 0.5) is 13.2 Å². The molecule has 1 fully saturated rings. The first-order valence-electron chi connectivity index (χ1n) is 6.85. The smallest absolute Gasteiger partial charge is 0.376 e. The Kier molecular flexibility index (Phi) is 5.04. The van der Waals surface area contributed by atoms with Gasteiger partial charge in [-0.25, -0.2) is 4.98 Å². The van der Waals surface area contributed by atoms with Gasteiger partial charge in [0.15, 0.2) is 5.01 Å². The molecule has 1 N–H and O–H groups in total. The first-order chi connectivity index (χ1) is 9.47. The zero-order valence-electron chi connectivity index (χ0n) is 11.5. The van der Waals surface area contributed by atoms with Crippen molar-refractivity contribution in [3.05, 3.63) is 16.1 Å². The molecule has 0 amide bonds. The minimum Gasteiger partial charge on any atom is -0.376 e. The van der Waals surface area contributed by atoms with E-state index < -0.39 is 11.2 Å². The predicted octanol–water partition coefficient (Wildman–Crippen LogP) is 3.63. The molecule has 1 aromatic heterocycles. The Morgan fingerprint density at radius 1 is 1.45 bits per heavy atom. The Morgan fingerprint density at radius 3 is 2.60 bits per heavy atom. The van der Waals surface area contributed by atoms with Crippen LogP contribution in [0.15, 0.2) is 6.20 Å². The van der Waals surface area contributed by atoms with Crippen molar-refractivity contribution in [3.8, 4) is 0 Å². The molecule has 0 spiro atoms. The molecule has 20 heavy (non-hydrogen) atoms. The van der Waals surface area contributed by atoms with Crippen molar-refractivity contribution >= 4 is 11.3 Å². The number of likely N-dealkylation sites (N-methyl/N-ethyl adjacent to an activating group) is 1. The molecule has 1 heterocycles. The minimum absolute atomic E-state index is 0.0681. The van der Waals surface area contributed by atoms with E-state index in [1.54, 1.807) is 0 Å². The third-order valence-electron chi connectivity index (χ3n) is 3.27. The second-order valence-electron chi connectivity index (χ2n) is 4.86. The summed E-state index contributed by atoms with van der Waals surface area (Å²) in [5, 5.41) is 2.46. The summed E-state index contributed by atoms with van der Waals surface area (Å²) in [6, 6.07) is -0.207. The highest BCUT2D eigenvalue weighted by atomic mass is 32.1. The first-order valence-corrected chi connectivity index (χ1v) is 7.66. The highest BCUT2D eigenvalue weighted by Gasteiger charge is 2.40. The molecule has 1 saturated carbocycles. The van der Waals surface area contributed by atoms with Gasteiger partial charge >= 0.3 is 6.18 Å². The molecule has 1 aromatic rings. The van der Waals surface area contributed by atoms with E-state index in [9.17, 15) is 13.2 Å². The average molecular weight is 308 g/mol. The topological polar surface area (TPSA) is 34.2 Å². The van der Waals surface area contributed by atoms with Crippen molar-refractivity contribution in [1.82, 2.24) is 10.3 Å². The van der Waals surface area contributed by atoms with Gasteiger partial charge in [-0.05, 0) is 32.2 Å². The number of rotatable bonds is 7. The molecule has 2 atom stereocenters. The highest BCUT2D eigenvalue weighted by Crippen LogP contribution is 2.42. The number of halogens is 3. The summed E-state index contributed by atoms with van der Waals surface area (Å²) in [6.45, 7) is 5.09. The normalized spacial score (nSPS) is 19.1. The van der Waals surface area contributed by atoms with Gasteiger partial charge in [0.05, 0.1) is 12.1 Å². The number of hydrogen-bond donors (Lipinski definition) is 1. The van der Waals surface area contributed by atoms with E-state index in [0.717, 1.165) is 12.8 Å². The summed E-state index contributed by atoms with van der Waals surface area (Å²) in [5.41, 5.74) is 0. The molecule has 1 aliphatic carbocycles. The molecule has 2 rings (SSSR count). The lowest BCUT2D eigenvalue weighted by Crippen LogP contribution is -2.35. The summed E-state index contributed by atoms with van der Waals surface area (Å²) < 4.78 is 43.8. The quantitative estimate of drug-likeness (QED) is 0.835. The minimum atomic E-state index is -4.37. The van der Waals surface area contributed by atoms with Gasteiger partial charge in [0.2, 0.25) is 0 Å². The molecule has 0 saturated heterocycles. The third kappa shape index (κ3) is 3.71. The SMILES string of the molecule is CCNC(c1cnc(C(F)(F)F)s1)C(OCC)C1CC1. The summed E-state index contributed by atoms with van der Waals surface area (Å²) >= 11 is 0.709. The van der Waals surface area contributed by atoms with Crippen molar-refractivity contribution in [1.29, 1.82) is 0 Å². The molecule has 0 radical (unpaired) electrons. The van der Waals surface area contributed by atoms with E-state index in [0.29, 0.717) is 35.3 Å². The zero-order valence-corrected chi connectivity index (χ0v) is 12.4. The first kappa shape index (κ1) is 15.7. The van der Waals surface area contributed by atoms with Crippen LogP contribution in [0.1, 0.15) is 42.6 Å². The van der Waals surface area contributed by atoms with Crippen LogP contribution in [0.3, 0.4) is 0 Å². The van der Waals surface area contributed by atoms with Gasteiger partial charge in [-0.15, -0.1) is 11.3 Å². The van der Waals surface area contributed by atoms with Crippen molar-refractivity contribution < 1.29 is 17.9 Å². The fraction of sp³-hybridized carbons (Fsp3) is 0.769. The number of hydrogen-bond acceptors (Lipinski definition) is 4. The van der Waals surface area contributed by atoms with Gasteiger partial charge < -0.3 is 10.1 Å². The van der Waals surface area contributed by atoms with E-state index in [1.807, 2.05) is 13.8 Å². The van der Waals surface area contributed by atoms with Crippen LogP contribution < -0.4 is 5.32 Å². The van der Waals surface area contributed by atoms with Crippen LogP contribution >= 0.6 is 11.3 Å². The average Bonchev–Trinajstić information content (AvgIpc) is 3.08. The lowest BCUT2D eigenvalue weighted by Gasteiger charge is -2.26. The summed E-state index contributed by atoms with van der Waals surface area (Å²) in [7, 11) is 0. The van der Waals surface area contributed by atoms with Gasteiger partial charge in [-0.3, -0.25) is 0 Å². The third-order valence-corrected chi connectivity index (χ3v) is 4.40. The fourth-order valence-electron chi connectivity index (χ4n) is 2.28. The van der Waals surface area contributed by atoms with Crippen molar-refractivity contribution in [2.75, 3.05) is 13.2 Å². The maximum atomic E-state index is 12.7. The van der Waals surface area contributed by atoms with Crippen LogP contribution in [-0.2, 0) is 10.9 Å². The molecular weight excluding hydrogens is 289 g/mol. The van der Waals surface area contributed by atoms with Crippen LogP contribution in [0.2, 0.25) is 0 Å². The molecule has 0 aromatic carbocycles. The van der Waals surface area contributed by atoms with Crippen LogP contribution in [0, 0.1) is 5.92 Å². The lowest BCUT2D eigenvalue weighted by atomic mass is 10.1. The fourth-order valence-corrected chi connectivity index (χ4v) is 3.18. The maximum absolute atomic E-state index is 12.7. The zero-order chi connectivity index (χ0) is 14.8. The summed E-state index contributed by atoms with van der Waals surface area (Å²) in [5.74, 6) is 0.440. The number of nitrogens with one attached hydrogen (secondary N) is 1. The second kappa shape index (κ2) is 6.41. The molecule has 0 bridgehead atoms. The van der Waals surface area contributed by atoms with Gasteiger partial charge in [-0.1, -0.05) is 6.92 Å². The Balaban J connectivity index is 2.20. The lowest BCUT2D eigenvalue weighted by molar-refractivity contribution is -0.137. The molecule has 2 unspecified atom stereocenters. The van der Waals surface area contributed by atoms with Gasteiger partial charge in [0.25, 0.3) is 0 Å². The Labute approximate surface area is 120 Å². The van der Waals surface area contributed by atoms with Gasteiger partial charge in [0, 0.05) is 17.7 Å². The monoisotopic (exact) mass is 308 g/mol. The molecule has 7 heteroatoms. The number of nitrogens with zero attached hydrogens (tertiary/aromatic N) is 1. The van der Waals surface area contributed by atoms with Crippen molar-refractivity contribution in [2.24, 2.45) is 5.92 Å². The van der Waals surface area contributed by atoms with Gasteiger partial charge in [-0.2, -0.15) is 13.2 Å². The van der Waals surface area contributed by atoms with E-state index in [4.69, 9.17) is 4.74 Å². The standard InChI is InChI=1S/C13H19F3N2OS/c1-3-17-10(11(19-4-2)8-5-6-8)9-7-18-12(20-9)13(14,15)16/h7-8,10-11,17H,3-6H2,1-2H3. The number of thiazole rings is 1. The Bertz CT molecular complexity index is 431. The van der Waals surface area contributed by atoms with Crippen molar-refractivity contribution in [3.63, 3.8) is 0 Å². The molecule has 3 nitrogen and oxygen atoms in total. The number of ether oxygens (including phenoxy) is 1. The Hall–Kier alpha value is -0.660. The largest absolute Gasteiger partial charge is 0.443 e. The van der Waals surface area contributed by atoms with Gasteiger partial charge in [0.1, 0.15) is 0 Å². The number of alkyl halides is 3. The van der Waals surface area contributed by atoms with Crippen LogP contribution in [0.5, 0.6) is 0 Å². The molecule has 0 aliphatic heterocycles. The molecular formula is C13H19F3N2OS. The highest BCUT2D eigenvalue weighted by molar-refractivity contribution is 7.11. The molecule has 1 aliphatic rings. The van der Waals surface area contributed by atoms with E-state index in [1.165, 1.54) is 6.20 Å². The summed E-state index contributed by atoms with van der Waals surface area (Å²) in [4.78, 5) is 4.11. The summed E-state index contributed by atoms with van der Waals surface area (Å²) in [6.07, 6.45) is -0.952. The van der Waals surface area contributed by atoms with Crippen molar-refractivity contribution in [2.45, 2.75) is 45.0 Å². The van der Waals surface area contributed by atoms with E-state index in [-0.39, 0.29) is 12.1 Å². The molecule has 114 valence electrons. The van der Waals surface area contributed by atoms with E-state index >= 15 is 0 Å².